The van der Waals surface area contributed by atoms with E-state index in [0.717, 1.165) is 38.5 Å². The standard InChI is InChI=1S/C23H27NO/c1-7-9-14-21-16(3)17(4)22(24-21)15-18(8-2)19-12-10-11-13-20(19)23(5,6)25/h7-15,24-25H,1,4H2,2-3,5-6H3/b14-9-,18-8+,22-15+. The third-order valence-corrected chi connectivity index (χ3v) is 4.36. The second-order valence-electron chi connectivity index (χ2n) is 6.64. The van der Waals surface area contributed by atoms with Crippen LogP contribution in [-0.4, -0.2) is 10.1 Å². The number of aromatic nitrogens is 1. The van der Waals surface area contributed by atoms with Gasteiger partial charge in [-0.15, -0.1) is 0 Å². The van der Waals surface area contributed by atoms with Gasteiger partial charge in [0.1, 0.15) is 0 Å². The summed E-state index contributed by atoms with van der Waals surface area (Å²) in [6.45, 7) is 15.6. The summed E-state index contributed by atoms with van der Waals surface area (Å²) in [7, 11) is 0. The molecule has 0 radical (unpaired) electrons. The molecule has 0 aliphatic heterocycles. The first kappa shape index (κ1) is 18.8. The van der Waals surface area contributed by atoms with Crippen molar-refractivity contribution in [1.29, 1.82) is 0 Å². The summed E-state index contributed by atoms with van der Waals surface area (Å²) < 4.78 is 0. The summed E-state index contributed by atoms with van der Waals surface area (Å²) in [5.74, 6) is 0. The van der Waals surface area contributed by atoms with E-state index in [1.165, 1.54) is 0 Å². The number of nitrogens with one attached hydrogen (secondary N) is 1. The van der Waals surface area contributed by atoms with E-state index in [2.05, 4.69) is 37.2 Å². The van der Waals surface area contributed by atoms with Crippen LogP contribution in [0.3, 0.4) is 0 Å². The monoisotopic (exact) mass is 333 g/mol. The molecule has 0 aliphatic rings. The minimum Gasteiger partial charge on any atom is -0.386 e. The molecule has 0 bridgehead atoms. The molecule has 2 aromatic rings. The molecule has 0 unspecified atom stereocenters. The Hall–Kier alpha value is -2.58. The average molecular weight is 333 g/mol. The zero-order chi connectivity index (χ0) is 18.6. The van der Waals surface area contributed by atoms with E-state index >= 15 is 0 Å². The van der Waals surface area contributed by atoms with Gasteiger partial charge in [-0.3, -0.25) is 0 Å². The van der Waals surface area contributed by atoms with Gasteiger partial charge >= 0.3 is 0 Å². The Morgan fingerprint density at radius 2 is 1.92 bits per heavy atom. The maximum Gasteiger partial charge on any atom is 0.0846 e. The molecular weight excluding hydrogens is 306 g/mol. The minimum absolute atomic E-state index is 0.903. The molecule has 1 aromatic carbocycles. The van der Waals surface area contributed by atoms with Crippen LogP contribution in [0.25, 0.3) is 24.3 Å². The maximum atomic E-state index is 10.5. The molecule has 1 aromatic heterocycles. The highest BCUT2D eigenvalue weighted by Gasteiger charge is 2.20. The lowest BCUT2D eigenvalue weighted by Crippen LogP contribution is -2.23. The third-order valence-electron chi connectivity index (χ3n) is 4.36. The van der Waals surface area contributed by atoms with Gasteiger partial charge in [-0.05, 0) is 67.3 Å². The summed E-state index contributed by atoms with van der Waals surface area (Å²) >= 11 is 0. The lowest BCUT2D eigenvalue weighted by atomic mass is 9.89. The first-order valence-corrected chi connectivity index (χ1v) is 8.46. The number of hydrogen-bond acceptors (Lipinski definition) is 1. The van der Waals surface area contributed by atoms with E-state index in [4.69, 9.17) is 0 Å². The Morgan fingerprint density at radius 1 is 1.24 bits per heavy atom. The van der Waals surface area contributed by atoms with Crippen LogP contribution >= 0.6 is 0 Å². The number of benzene rings is 1. The smallest absolute Gasteiger partial charge is 0.0846 e. The van der Waals surface area contributed by atoms with Gasteiger partial charge in [-0.25, -0.2) is 0 Å². The normalized spacial score (nSPS) is 13.6. The highest BCUT2D eigenvalue weighted by atomic mass is 16.3. The SMILES string of the molecule is C=C/C=C\c1[nH]/c(=C/C(=C\C)c2ccccc2C(C)(C)O)c(=C)c1C. The van der Waals surface area contributed by atoms with Gasteiger partial charge in [-0.1, -0.05) is 55.7 Å². The van der Waals surface area contributed by atoms with Crippen molar-refractivity contribution < 1.29 is 5.11 Å². The predicted molar refractivity (Wildman–Crippen MR) is 109 cm³/mol. The van der Waals surface area contributed by atoms with Crippen molar-refractivity contribution in [2.24, 2.45) is 0 Å². The van der Waals surface area contributed by atoms with E-state index in [0.29, 0.717) is 0 Å². The molecule has 0 fully saturated rings. The Kier molecular flexibility index (Phi) is 5.66. The summed E-state index contributed by atoms with van der Waals surface area (Å²) in [6, 6.07) is 7.95. The van der Waals surface area contributed by atoms with Gasteiger partial charge in [0.25, 0.3) is 0 Å². The molecule has 2 nitrogen and oxygen atoms in total. The van der Waals surface area contributed by atoms with Crippen LogP contribution in [0, 0.1) is 6.92 Å². The first-order chi connectivity index (χ1) is 11.8. The fourth-order valence-electron chi connectivity index (χ4n) is 2.87. The molecule has 1 heterocycles. The second-order valence-corrected chi connectivity index (χ2v) is 6.64. The number of rotatable bonds is 5. The molecule has 0 amide bonds. The van der Waals surface area contributed by atoms with E-state index in [1.807, 2.05) is 57.2 Å². The lowest BCUT2D eigenvalue weighted by molar-refractivity contribution is 0.0783. The molecule has 25 heavy (non-hydrogen) atoms. The Labute approximate surface area is 150 Å². The van der Waals surface area contributed by atoms with E-state index in [9.17, 15) is 5.11 Å². The molecule has 130 valence electrons. The summed E-state index contributed by atoms with van der Waals surface area (Å²) in [4.78, 5) is 3.42. The quantitative estimate of drug-likeness (QED) is 0.796. The van der Waals surface area contributed by atoms with Crippen molar-refractivity contribution in [1.82, 2.24) is 4.98 Å². The number of hydrogen-bond donors (Lipinski definition) is 2. The van der Waals surface area contributed by atoms with Crippen molar-refractivity contribution in [3.05, 3.63) is 82.0 Å². The second kappa shape index (κ2) is 7.54. The molecule has 0 aliphatic carbocycles. The van der Waals surface area contributed by atoms with Crippen LogP contribution in [-0.2, 0) is 5.60 Å². The van der Waals surface area contributed by atoms with Gasteiger partial charge in [-0.2, -0.15) is 0 Å². The topological polar surface area (TPSA) is 36.0 Å². The van der Waals surface area contributed by atoms with Crippen LogP contribution in [0.4, 0.5) is 0 Å². The van der Waals surface area contributed by atoms with Crippen LogP contribution in [0.1, 0.15) is 43.2 Å². The highest BCUT2D eigenvalue weighted by molar-refractivity contribution is 5.89. The zero-order valence-corrected chi connectivity index (χ0v) is 15.6. The van der Waals surface area contributed by atoms with Crippen LogP contribution in [0.5, 0.6) is 0 Å². The van der Waals surface area contributed by atoms with Gasteiger partial charge < -0.3 is 10.1 Å². The molecule has 2 rings (SSSR count). The van der Waals surface area contributed by atoms with E-state index in [1.54, 1.807) is 6.08 Å². The van der Waals surface area contributed by atoms with Crippen LogP contribution in [0.2, 0.25) is 0 Å². The Balaban J connectivity index is 2.63. The Bertz CT molecular complexity index is 933. The van der Waals surface area contributed by atoms with E-state index < -0.39 is 5.60 Å². The van der Waals surface area contributed by atoms with Gasteiger partial charge in [0.2, 0.25) is 0 Å². The van der Waals surface area contributed by atoms with Crippen molar-refractivity contribution in [2.45, 2.75) is 33.3 Å². The molecule has 2 N–H and O–H groups in total. The Morgan fingerprint density at radius 3 is 2.52 bits per heavy atom. The fraction of sp³-hybridized carbons (Fsp3) is 0.217. The molecule has 0 saturated heterocycles. The summed E-state index contributed by atoms with van der Waals surface area (Å²) in [5, 5.41) is 12.4. The van der Waals surface area contributed by atoms with Gasteiger partial charge in [0.05, 0.1) is 5.60 Å². The molecule has 0 atom stereocenters. The number of allylic oxidation sites excluding steroid dienone is 4. The zero-order valence-electron chi connectivity index (χ0n) is 15.6. The summed E-state index contributed by atoms with van der Waals surface area (Å²) in [5.41, 5.74) is 4.21. The van der Waals surface area contributed by atoms with E-state index in [-0.39, 0.29) is 0 Å². The summed E-state index contributed by atoms with van der Waals surface area (Å²) in [6.07, 6.45) is 9.80. The molecule has 0 saturated carbocycles. The lowest BCUT2D eigenvalue weighted by Gasteiger charge is -2.22. The third kappa shape index (κ3) is 4.09. The number of H-pyrrole nitrogens is 1. The van der Waals surface area contributed by atoms with Crippen molar-refractivity contribution >= 4 is 24.3 Å². The predicted octanol–water partition coefficient (Wildman–Crippen LogP) is 4.04. The molecular formula is C23H27NO. The maximum absolute atomic E-state index is 10.5. The highest BCUT2D eigenvalue weighted by Crippen LogP contribution is 2.29. The van der Waals surface area contributed by atoms with Gasteiger partial charge in [0.15, 0.2) is 0 Å². The number of aromatic amines is 1. The van der Waals surface area contributed by atoms with Crippen LogP contribution in [0.15, 0.2) is 49.1 Å². The average Bonchev–Trinajstić information content (AvgIpc) is 2.84. The van der Waals surface area contributed by atoms with Crippen molar-refractivity contribution in [2.75, 3.05) is 0 Å². The van der Waals surface area contributed by atoms with Crippen molar-refractivity contribution in [3.63, 3.8) is 0 Å². The first-order valence-electron chi connectivity index (χ1n) is 8.46. The molecule has 2 heteroatoms. The minimum atomic E-state index is -0.907. The van der Waals surface area contributed by atoms with Crippen LogP contribution < -0.4 is 10.6 Å². The largest absolute Gasteiger partial charge is 0.386 e. The van der Waals surface area contributed by atoms with Gasteiger partial charge in [0, 0.05) is 11.0 Å². The van der Waals surface area contributed by atoms with Crippen molar-refractivity contribution in [3.8, 4) is 0 Å². The number of aliphatic hydroxyl groups is 1. The molecule has 0 spiro atoms. The fourth-order valence-corrected chi connectivity index (χ4v) is 2.87.